The van der Waals surface area contributed by atoms with Crippen molar-refractivity contribution in [3.8, 4) is 0 Å². The molecule has 1 fully saturated rings. The van der Waals surface area contributed by atoms with Crippen LogP contribution in [-0.4, -0.2) is 31.3 Å². The topological polar surface area (TPSA) is 64.8 Å². The molecule has 5 nitrogen and oxygen atoms in total. The van der Waals surface area contributed by atoms with Crippen molar-refractivity contribution in [3.63, 3.8) is 0 Å². The van der Waals surface area contributed by atoms with Crippen molar-refractivity contribution in [2.45, 2.75) is 19.4 Å². The molecular weight excluding hydrogens is 232 g/mol. The number of nitrogens with zero attached hydrogens (tertiary/aromatic N) is 1. The fourth-order valence-electron chi connectivity index (χ4n) is 2.07. The fraction of sp³-hybridized carbons (Fsp3) is 0.462. The molecule has 2 N–H and O–H groups in total. The van der Waals surface area contributed by atoms with Gasteiger partial charge in [-0.15, -0.1) is 0 Å². The number of ether oxygens (including phenoxy) is 1. The van der Waals surface area contributed by atoms with E-state index in [1.54, 1.807) is 6.07 Å². The zero-order chi connectivity index (χ0) is 13.0. The van der Waals surface area contributed by atoms with Gasteiger partial charge in [0.2, 0.25) is 0 Å². The van der Waals surface area contributed by atoms with E-state index in [4.69, 9.17) is 15.3 Å². The molecule has 1 aliphatic heterocycles. The summed E-state index contributed by atoms with van der Waals surface area (Å²) in [6, 6.07) is 5.41. The van der Waals surface area contributed by atoms with E-state index in [0.29, 0.717) is 17.8 Å². The van der Waals surface area contributed by atoms with Crippen LogP contribution in [-0.2, 0) is 16.1 Å². The molecule has 18 heavy (non-hydrogen) atoms. The summed E-state index contributed by atoms with van der Waals surface area (Å²) in [5.74, 6) is -0.403. The van der Waals surface area contributed by atoms with Crippen molar-refractivity contribution in [3.05, 3.63) is 29.3 Å². The second-order valence-corrected chi connectivity index (χ2v) is 4.28. The number of nitrogens with two attached hydrogens (primary N) is 1. The van der Waals surface area contributed by atoms with E-state index in [-0.39, 0.29) is 0 Å². The first-order chi connectivity index (χ1) is 8.72. The number of hydrogen-bond acceptors (Lipinski definition) is 5. The molecule has 0 amide bonds. The van der Waals surface area contributed by atoms with E-state index in [9.17, 15) is 4.79 Å². The molecule has 0 unspecified atom stereocenters. The Bertz CT molecular complexity index is 428. The molecule has 1 aliphatic rings. The Morgan fingerprint density at radius 2 is 2.33 bits per heavy atom. The van der Waals surface area contributed by atoms with Gasteiger partial charge in [-0.3, -0.25) is 4.84 Å². The van der Waals surface area contributed by atoms with Crippen LogP contribution in [0.5, 0.6) is 0 Å². The van der Waals surface area contributed by atoms with Crippen molar-refractivity contribution in [1.29, 1.82) is 0 Å². The quantitative estimate of drug-likeness (QED) is 0.652. The van der Waals surface area contributed by atoms with Crippen LogP contribution in [0.4, 0.5) is 5.69 Å². The normalized spacial score (nSPS) is 16.5. The van der Waals surface area contributed by atoms with Gasteiger partial charge < -0.3 is 10.5 Å². The first kappa shape index (κ1) is 12.9. The molecule has 1 aromatic carbocycles. The third-order valence-corrected chi connectivity index (χ3v) is 2.99. The maximum absolute atomic E-state index is 11.7. The van der Waals surface area contributed by atoms with E-state index < -0.39 is 5.97 Å². The van der Waals surface area contributed by atoms with Crippen LogP contribution in [0.15, 0.2) is 18.2 Å². The zero-order valence-corrected chi connectivity index (χ0v) is 10.5. The Morgan fingerprint density at radius 3 is 3.00 bits per heavy atom. The van der Waals surface area contributed by atoms with Crippen molar-refractivity contribution in [1.82, 2.24) is 5.06 Å². The largest absolute Gasteiger partial charge is 0.465 e. The van der Waals surface area contributed by atoms with Crippen LogP contribution in [0.3, 0.4) is 0 Å². The molecule has 0 aromatic heterocycles. The van der Waals surface area contributed by atoms with Gasteiger partial charge in [0.05, 0.1) is 25.8 Å². The molecule has 0 aliphatic carbocycles. The molecule has 0 saturated carbocycles. The first-order valence-electron chi connectivity index (χ1n) is 6.06. The second-order valence-electron chi connectivity index (χ2n) is 4.28. The number of anilines is 1. The Kier molecular flexibility index (Phi) is 4.17. The Morgan fingerprint density at radius 1 is 1.50 bits per heavy atom. The van der Waals surface area contributed by atoms with Crippen LogP contribution in [0.2, 0.25) is 0 Å². The summed E-state index contributed by atoms with van der Waals surface area (Å²) in [6.07, 6.45) is 2.19. The molecule has 1 heterocycles. The van der Waals surface area contributed by atoms with Gasteiger partial charge in [-0.25, -0.2) is 4.79 Å². The van der Waals surface area contributed by atoms with Crippen molar-refractivity contribution in [2.24, 2.45) is 0 Å². The lowest BCUT2D eigenvalue weighted by atomic mass is 10.1. The summed E-state index contributed by atoms with van der Waals surface area (Å²) in [7, 11) is 1.36. The van der Waals surface area contributed by atoms with Gasteiger partial charge in [-0.2, -0.15) is 5.06 Å². The summed E-state index contributed by atoms with van der Waals surface area (Å²) in [5.41, 5.74) is 7.56. The Hall–Kier alpha value is -1.59. The zero-order valence-electron chi connectivity index (χ0n) is 10.5. The summed E-state index contributed by atoms with van der Waals surface area (Å²) in [6.45, 7) is 2.15. The molecule has 0 spiro atoms. The van der Waals surface area contributed by atoms with Gasteiger partial charge in [-0.05, 0) is 24.5 Å². The summed E-state index contributed by atoms with van der Waals surface area (Å²) in [5, 5.41) is 1.87. The lowest BCUT2D eigenvalue weighted by Gasteiger charge is -2.26. The van der Waals surface area contributed by atoms with Crippen LogP contribution < -0.4 is 5.73 Å². The van der Waals surface area contributed by atoms with Crippen LogP contribution in [0, 0.1) is 0 Å². The molecule has 0 atom stereocenters. The SMILES string of the molecule is COC(=O)c1c(N)cccc1CN1CCCCO1. The summed E-state index contributed by atoms with van der Waals surface area (Å²) in [4.78, 5) is 17.3. The maximum Gasteiger partial charge on any atom is 0.340 e. The third-order valence-electron chi connectivity index (χ3n) is 2.99. The number of methoxy groups -OCH3 is 1. The monoisotopic (exact) mass is 250 g/mol. The van der Waals surface area contributed by atoms with Crippen LogP contribution in [0.25, 0.3) is 0 Å². The van der Waals surface area contributed by atoms with Gasteiger partial charge in [-0.1, -0.05) is 12.1 Å². The number of rotatable bonds is 3. The smallest absolute Gasteiger partial charge is 0.340 e. The Balaban J connectivity index is 2.20. The van der Waals surface area contributed by atoms with E-state index in [1.165, 1.54) is 7.11 Å². The number of hydroxylamine groups is 2. The molecule has 1 saturated heterocycles. The lowest BCUT2D eigenvalue weighted by Crippen LogP contribution is -2.30. The van der Waals surface area contributed by atoms with Gasteiger partial charge >= 0.3 is 5.97 Å². The van der Waals surface area contributed by atoms with E-state index in [1.807, 2.05) is 17.2 Å². The highest BCUT2D eigenvalue weighted by Crippen LogP contribution is 2.21. The van der Waals surface area contributed by atoms with E-state index in [2.05, 4.69) is 0 Å². The molecule has 0 radical (unpaired) electrons. The highest BCUT2D eigenvalue weighted by molar-refractivity contribution is 5.96. The molecule has 98 valence electrons. The number of esters is 1. The average molecular weight is 250 g/mol. The minimum Gasteiger partial charge on any atom is -0.465 e. The second kappa shape index (κ2) is 5.84. The minimum absolute atomic E-state index is 0.403. The molecular formula is C13H18N2O3. The highest BCUT2D eigenvalue weighted by atomic mass is 16.7. The van der Waals surface area contributed by atoms with Crippen molar-refractivity contribution in [2.75, 3.05) is 26.0 Å². The number of hydrogen-bond donors (Lipinski definition) is 1. The molecule has 2 rings (SSSR count). The minimum atomic E-state index is -0.403. The first-order valence-corrected chi connectivity index (χ1v) is 6.06. The fourth-order valence-corrected chi connectivity index (χ4v) is 2.07. The number of carbonyl (C=O) groups excluding carboxylic acids is 1. The van der Waals surface area contributed by atoms with Gasteiger partial charge in [0.1, 0.15) is 0 Å². The van der Waals surface area contributed by atoms with Gasteiger partial charge in [0, 0.05) is 12.2 Å². The van der Waals surface area contributed by atoms with Gasteiger partial charge in [0.25, 0.3) is 0 Å². The highest BCUT2D eigenvalue weighted by Gasteiger charge is 2.19. The molecule has 5 heteroatoms. The summed E-state index contributed by atoms with van der Waals surface area (Å²) < 4.78 is 4.77. The Labute approximate surface area is 106 Å². The van der Waals surface area contributed by atoms with Gasteiger partial charge in [0.15, 0.2) is 0 Å². The predicted molar refractivity (Wildman–Crippen MR) is 67.8 cm³/mol. The third kappa shape index (κ3) is 2.80. The lowest BCUT2D eigenvalue weighted by molar-refractivity contribution is -0.187. The van der Waals surface area contributed by atoms with Crippen LogP contribution in [0.1, 0.15) is 28.8 Å². The standard InChI is InChI=1S/C13H18N2O3/c1-17-13(16)12-10(5-4-6-11(12)14)9-15-7-2-3-8-18-15/h4-6H,2-3,7-9,14H2,1H3. The number of nitrogen functional groups attached to an aromatic ring is 1. The van der Waals surface area contributed by atoms with Crippen molar-refractivity contribution >= 4 is 11.7 Å². The van der Waals surface area contributed by atoms with Crippen LogP contribution >= 0.6 is 0 Å². The van der Waals surface area contributed by atoms with E-state index in [0.717, 1.165) is 31.6 Å². The number of benzene rings is 1. The summed E-state index contributed by atoms with van der Waals surface area (Å²) >= 11 is 0. The van der Waals surface area contributed by atoms with E-state index >= 15 is 0 Å². The average Bonchev–Trinajstić information content (AvgIpc) is 2.39. The molecule has 1 aromatic rings. The van der Waals surface area contributed by atoms with Crippen molar-refractivity contribution < 1.29 is 14.4 Å². The maximum atomic E-state index is 11.7. The number of carbonyl (C=O) groups is 1. The molecule has 0 bridgehead atoms. The predicted octanol–water partition coefficient (Wildman–Crippen LogP) is 1.58.